The first-order valence-electron chi connectivity index (χ1n) is 5.25. The van der Waals surface area contributed by atoms with E-state index in [-0.39, 0.29) is 5.82 Å². The monoisotopic (exact) mass is 246 g/mol. The molecule has 0 aliphatic carbocycles. The molecule has 2 aromatic rings. The van der Waals surface area contributed by atoms with E-state index in [0.29, 0.717) is 17.8 Å². The molecule has 0 bridgehead atoms. The van der Waals surface area contributed by atoms with Gasteiger partial charge in [-0.2, -0.15) is 5.26 Å². The molecule has 0 unspecified atom stereocenters. The van der Waals surface area contributed by atoms with E-state index >= 15 is 0 Å². The standard InChI is InChI=1S/C13H11FN2S/c14-12-8-10(9-15)3-4-13(12)16-6-5-11-2-1-7-17-11/h1-4,7-8,16H,5-6H2. The summed E-state index contributed by atoms with van der Waals surface area (Å²) in [5.74, 6) is -0.379. The number of nitrogens with zero attached hydrogens (tertiary/aromatic N) is 1. The molecule has 1 heterocycles. The zero-order valence-corrected chi connectivity index (χ0v) is 9.93. The van der Waals surface area contributed by atoms with Gasteiger partial charge in [0, 0.05) is 11.4 Å². The minimum atomic E-state index is -0.379. The van der Waals surface area contributed by atoms with Crippen LogP contribution in [-0.4, -0.2) is 6.54 Å². The first-order chi connectivity index (χ1) is 8.29. The van der Waals surface area contributed by atoms with Crippen LogP contribution in [-0.2, 0) is 6.42 Å². The van der Waals surface area contributed by atoms with Gasteiger partial charge in [-0.25, -0.2) is 4.39 Å². The molecule has 1 aromatic heterocycles. The highest BCUT2D eigenvalue weighted by Crippen LogP contribution is 2.16. The second kappa shape index (κ2) is 5.46. The van der Waals surface area contributed by atoms with E-state index in [0.717, 1.165) is 6.42 Å². The molecule has 0 saturated heterocycles. The minimum Gasteiger partial charge on any atom is -0.382 e. The fraction of sp³-hybridized carbons (Fsp3) is 0.154. The number of anilines is 1. The van der Waals surface area contributed by atoms with Crippen LogP contribution < -0.4 is 5.32 Å². The zero-order valence-electron chi connectivity index (χ0n) is 9.11. The van der Waals surface area contributed by atoms with Gasteiger partial charge in [0.25, 0.3) is 0 Å². The Morgan fingerprint density at radius 1 is 1.35 bits per heavy atom. The van der Waals surface area contributed by atoms with Gasteiger partial charge < -0.3 is 5.32 Å². The summed E-state index contributed by atoms with van der Waals surface area (Å²) in [5, 5.41) is 13.7. The Kier molecular flexibility index (Phi) is 3.73. The van der Waals surface area contributed by atoms with Crippen LogP contribution >= 0.6 is 11.3 Å². The topological polar surface area (TPSA) is 35.8 Å². The lowest BCUT2D eigenvalue weighted by Gasteiger charge is -2.06. The molecule has 86 valence electrons. The highest BCUT2D eigenvalue weighted by atomic mass is 32.1. The second-order valence-corrected chi connectivity index (χ2v) is 4.59. The molecule has 1 aromatic carbocycles. The number of halogens is 1. The van der Waals surface area contributed by atoms with Crippen molar-refractivity contribution in [1.29, 1.82) is 5.26 Å². The van der Waals surface area contributed by atoms with Crippen molar-refractivity contribution in [3.05, 3.63) is 52.0 Å². The SMILES string of the molecule is N#Cc1ccc(NCCc2cccs2)c(F)c1. The predicted octanol–water partition coefficient (Wildman–Crippen LogP) is 3.41. The average molecular weight is 246 g/mol. The van der Waals surface area contributed by atoms with Crippen LogP contribution in [0.1, 0.15) is 10.4 Å². The van der Waals surface area contributed by atoms with E-state index < -0.39 is 0 Å². The number of nitriles is 1. The number of nitrogens with one attached hydrogen (secondary N) is 1. The maximum Gasteiger partial charge on any atom is 0.147 e. The van der Waals surface area contributed by atoms with E-state index in [1.807, 2.05) is 17.5 Å². The Balaban J connectivity index is 1.93. The lowest BCUT2D eigenvalue weighted by Crippen LogP contribution is -2.05. The third kappa shape index (κ3) is 3.05. The summed E-state index contributed by atoms with van der Waals surface area (Å²) in [7, 11) is 0. The van der Waals surface area contributed by atoms with E-state index in [2.05, 4.69) is 11.4 Å². The number of hydrogen-bond acceptors (Lipinski definition) is 3. The van der Waals surface area contributed by atoms with Crippen LogP contribution in [0.4, 0.5) is 10.1 Å². The Morgan fingerprint density at radius 3 is 2.88 bits per heavy atom. The summed E-state index contributed by atoms with van der Waals surface area (Å²) in [4.78, 5) is 1.27. The van der Waals surface area contributed by atoms with Gasteiger partial charge in [0.05, 0.1) is 17.3 Å². The quantitative estimate of drug-likeness (QED) is 0.897. The molecule has 0 atom stereocenters. The second-order valence-electron chi connectivity index (χ2n) is 3.56. The molecule has 0 aliphatic rings. The van der Waals surface area contributed by atoms with Gasteiger partial charge in [0.15, 0.2) is 0 Å². The van der Waals surface area contributed by atoms with Crippen molar-refractivity contribution in [3.8, 4) is 6.07 Å². The van der Waals surface area contributed by atoms with Gasteiger partial charge >= 0.3 is 0 Å². The fourth-order valence-electron chi connectivity index (χ4n) is 1.50. The summed E-state index contributed by atoms with van der Waals surface area (Å²) in [5.41, 5.74) is 0.784. The molecular weight excluding hydrogens is 235 g/mol. The molecule has 0 amide bonds. The molecule has 0 fully saturated rings. The summed E-state index contributed by atoms with van der Waals surface area (Å²) in [6.45, 7) is 0.684. The van der Waals surface area contributed by atoms with Crippen molar-refractivity contribution in [2.75, 3.05) is 11.9 Å². The van der Waals surface area contributed by atoms with Crippen LogP contribution in [0.2, 0.25) is 0 Å². The Morgan fingerprint density at radius 2 is 2.24 bits per heavy atom. The lowest BCUT2D eigenvalue weighted by atomic mass is 10.2. The molecule has 2 rings (SSSR count). The van der Waals surface area contributed by atoms with Gasteiger partial charge in [0.1, 0.15) is 5.82 Å². The van der Waals surface area contributed by atoms with Crippen molar-refractivity contribution in [2.24, 2.45) is 0 Å². The lowest BCUT2D eigenvalue weighted by molar-refractivity contribution is 0.629. The molecular formula is C13H11FN2S. The van der Waals surface area contributed by atoms with E-state index in [1.165, 1.54) is 10.9 Å². The average Bonchev–Trinajstić information content (AvgIpc) is 2.84. The van der Waals surface area contributed by atoms with E-state index in [4.69, 9.17) is 5.26 Å². The van der Waals surface area contributed by atoms with Crippen LogP contribution in [0.25, 0.3) is 0 Å². The number of rotatable bonds is 4. The first-order valence-corrected chi connectivity index (χ1v) is 6.13. The molecule has 0 spiro atoms. The van der Waals surface area contributed by atoms with Gasteiger partial charge in [-0.1, -0.05) is 6.07 Å². The molecule has 0 aliphatic heterocycles. The van der Waals surface area contributed by atoms with Gasteiger partial charge in [-0.15, -0.1) is 11.3 Å². The summed E-state index contributed by atoms with van der Waals surface area (Å²) < 4.78 is 13.5. The van der Waals surface area contributed by atoms with Gasteiger partial charge in [0.2, 0.25) is 0 Å². The van der Waals surface area contributed by atoms with Crippen LogP contribution in [0.5, 0.6) is 0 Å². The first kappa shape index (κ1) is 11.6. The van der Waals surface area contributed by atoms with E-state index in [1.54, 1.807) is 23.5 Å². The van der Waals surface area contributed by atoms with Gasteiger partial charge in [-0.3, -0.25) is 0 Å². The van der Waals surface area contributed by atoms with Crippen molar-refractivity contribution >= 4 is 17.0 Å². The Hall–Kier alpha value is -1.86. The van der Waals surface area contributed by atoms with Crippen LogP contribution in [0, 0.1) is 17.1 Å². The molecule has 0 radical (unpaired) electrons. The third-order valence-corrected chi connectivity index (χ3v) is 3.30. The smallest absolute Gasteiger partial charge is 0.147 e. The van der Waals surface area contributed by atoms with E-state index in [9.17, 15) is 4.39 Å². The van der Waals surface area contributed by atoms with Crippen molar-refractivity contribution in [2.45, 2.75) is 6.42 Å². The van der Waals surface area contributed by atoms with Crippen molar-refractivity contribution < 1.29 is 4.39 Å². The molecule has 0 saturated carbocycles. The summed E-state index contributed by atoms with van der Waals surface area (Å²) in [6, 6.07) is 10.4. The van der Waals surface area contributed by atoms with Gasteiger partial charge in [-0.05, 0) is 36.1 Å². The normalized spacial score (nSPS) is 9.88. The van der Waals surface area contributed by atoms with Crippen LogP contribution in [0.3, 0.4) is 0 Å². The molecule has 2 nitrogen and oxygen atoms in total. The largest absolute Gasteiger partial charge is 0.382 e. The zero-order chi connectivity index (χ0) is 12.1. The minimum absolute atomic E-state index is 0.339. The summed E-state index contributed by atoms with van der Waals surface area (Å²) >= 11 is 1.69. The number of benzene rings is 1. The number of thiophene rings is 1. The molecule has 1 N–H and O–H groups in total. The Bertz CT molecular complexity index is 529. The number of hydrogen-bond donors (Lipinski definition) is 1. The van der Waals surface area contributed by atoms with Crippen molar-refractivity contribution in [1.82, 2.24) is 0 Å². The maximum atomic E-state index is 13.5. The highest BCUT2D eigenvalue weighted by Gasteiger charge is 2.02. The molecule has 17 heavy (non-hydrogen) atoms. The summed E-state index contributed by atoms with van der Waals surface area (Å²) in [6.07, 6.45) is 0.872. The van der Waals surface area contributed by atoms with Crippen molar-refractivity contribution in [3.63, 3.8) is 0 Å². The predicted molar refractivity (Wildman–Crippen MR) is 67.6 cm³/mol. The fourth-order valence-corrected chi connectivity index (χ4v) is 2.21. The molecule has 4 heteroatoms. The Labute approximate surface area is 103 Å². The highest BCUT2D eigenvalue weighted by molar-refractivity contribution is 7.09. The maximum absolute atomic E-state index is 13.5. The van der Waals surface area contributed by atoms with Crippen LogP contribution in [0.15, 0.2) is 35.7 Å². The third-order valence-electron chi connectivity index (χ3n) is 2.37.